The monoisotopic (exact) mass is 447 g/mol. The Kier molecular flexibility index (Phi) is 6.60. The van der Waals surface area contributed by atoms with Crippen molar-refractivity contribution in [2.45, 2.75) is 63.0 Å². The molecule has 2 saturated carbocycles. The van der Waals surface area contributed by atoms with Gasteiger partial charge in [0.1, 0.15) is 5.82 Å². The minimum Gasteiger partial charge on any atom is -0.450 e. The standard InChI is InChI=1S/C24H34FN3O4/c1-3-32-23(31)28-14-12-27(13-15-28)18-6-9-20(21(25)16-18)24(10-11-24)22(30)26(2)17-4-7-19(29)8-5-17/h6,9,16-17,19,29H,3-5,7-8,10-15H2,1-2H3. The van der Waals surface area contributed by atoms with Crippen LogP contribution >= 0.6 is 0 Å². The van der Waals surface area contributed by atoms with Crippen LogP contribution in [0, 0.1) is 5.82 Å². The van der Waals surface area contributed by atoms with Gasteiger partial charge in [0, 0.05) is 50.5 Å². The molecule has 0 spiro atoms. The lowest BCUT2D eigenvalue weighted by Gasteiger charge is -2.36. The minimum atomic E-state index is -0.754. The molecule has 1 aliphatic heterocycles. The van der Waals surface area contributed by atoms with Crippen LogP contribution in [0.25, 0.3) is 0 Å². The van der Waals surface area contributed by atoms with Crippen LogP contribution in [-0.4, -0.2) is 78.9 Å². The highest BCUT2D eigenvalue weighted by Crippen LogP contribution is 2.51. The van der Waals surface area contributed by atoms with E-state index < -0.39 is 5.41 Å². The van der Waals surface area contributed by atoms with Gasteiger partial charge in [-0.05, 0) is 57.6 Å². The van der Waals surface area contributed by atoms with E-state index in [2.05, 4.69) is 4.90 Å². The lowest BCUT2D eigenvalue weighted by atomic mass is 9.89. The van der Waals surface area contributed by atoms with E-state index in [0.29, 0.717) is 64.0 Å². The maximum Gasteiger partial charge on any atom is 0.409 e. The fraction of sp³-hybridized carbons (Fsp3) is 0.667. The van der Waals surface area contributed by atoms with Gasteiger partial charge in [-0.15, -0.1) is 0 Å². The number of likely N-dealkylation sites (N-methyl/N-ethyl adjacent to an activating group) is 1. The molecule has 2 aliphatic carbocycles. The normalized spacial score (nSPS) is 24.8. The number of halogens is 1. The lowest BCUT2D eigenvalue weighted by Crippen LogP contribution is -2.49. The molecule has 1 aromatic carbocycles. The van der Waals surface area contributed by atoms with Gasteiger partial charge >= 0.3 is 6.09 Å². The summed E-state index contributed by atoms with van der Waals surface area (Å²) >= 11 is 0. The Hall–Kier alpha value is -2.35. The Balaban J connectivity index is 1.42. The number of hydrogen-bond donors (Lipinski definition) is 1. The summed E-state index contributed by atoms with van der Waals surface area (Å²) in [4.78, 5) is 30.7. The van der Waals surface area contributed by atoms with Crippen molar-refractivity contribution in [2.75, 3.05) is 44.7 Å². The molecule has 1 heterocycles. The predicted molar refractivity (Wildman–Crippen MR) is 119 cm³/mol. The third-order valence-corrected chi connectivity index (χ3v) is 7.33. The Bertz CT molecular complexity index is 844. The molecule has 1 N–H and O–H groups in total. The van der Waals surface area contributed by atoms with Crippen LogP contribution < -0.4 is 4.90 Å². The zero-order valence-electron chi connectivity index (χ0n) is 19.1. The molecule has 2 amide bonds. The molecular formula is C24H34FN3O4. The third kappa shape index (κ3) is 4.42. The van der Waals surface area contributed by atoms with Crippen molar-refractivity contribution in [2.24, 2.45) is 0 Å². The fourth-order valence-corrected chi connectivity index (χ4v) is 5.12. The van der Waals surface area contributed by atoms with Crippen molar-refractivity contribution in [3.05, 3.63) is 29.6 Å². The van der Waals surface area contributed by atoms with Gasteiger partial charge in [0.25, 0.3) is 0 Å². The van der Waals surface area contributed by atoms with Crippen molar-refractivity contribution >= 4 is 17.7 Å². The van der Waals surface area contributed by atoms with Gasteiger partial charge < -0.3 is 24.5 Å². The Morgan fingerprint density at radius 2 is 1.81 bits per heavy atom. The van der Waals surface area contributed by atoms with Gasteiger partial charge in [0.2, 0.25) is 5.91 Å². The molecule has 3 aliphatic rings. The van der Waals surface area contributed by atoms with Crippen molar-refractivity contribution in [1.82, 2.24) is 9.80 Å². The summed E-state index contributed by atoms with van der Waals surface area (Å²) in [5, 5.41) is 9.75. The molecule has 0 aromatic heterocycles. The number of anilines is 1. The molecule has 32 heavy (non-hydrogen) atoms. The summed E-state index contributed by atoms with van der Waals surface area (Å²) in [5.74, 6) is -0.345. The van der Waals surface area contributed by atoms with E-state index in [1.54, 1.807) is 22.8 Å². The maximum absolute atomic E-state index is 15.2. The number of nitrogens with zero attached hydrogens (tertiary/aromatic N) is 3. The average molecular weight is 448 g/mol. The van der Waals surface area contributed by atoms with Crippen molar-refractivity contribution in [3.63, 3.8) is 0 Å². The van der Waals surface area contributed by atoms with E-state index >= 15 is 4.39 Å². The highest BCUT2D eigenvalue weighted by atomic mass is 19.1. The number of carbonyl (C=O) groups is 2. The largest absolute Gasteiger partial charge is 0.450 e. The molecular weight excluding hydrogens is 413 g/mol. The molecule has 7 nitrogen and oxygen atoms in total. The highest BCUT2D eigenvalue weighted by molar-refractivity contribution is 5.91. The highest BCUT2D eigenvalue weighted by Gasteiger charge is 2.54. The zero-order valence-corrected chi connectivity index (χ0v) is 19.1. The molecule has 0 bridgehead atoms. The second-order valence-electron chi connectivity index (χ2n) is 9.30. The second-order valence-corrected chi connectivity index (χ2v) is 9.30. The van der Waals surface area contributed by atoms with Gasteiger partial charge in [-0.1, -0.05) is 6.07 Å². The molecule has 176 valence electrons. The third-order valence-electron chi connectivity index (χ3n) is 7.33. The van der Waals surface area contributed by atoms with Crippen LogP contribution in [-0.2, 0) is 14.9 Å². The van der Waals surface area contributed by atoms with Gasteiger partial charge in [-0.25, -0.2) is 9.18 Å². The summed E-state index contributed by atoms with van der Waals surface area (Å²) in [6.45, 7) is 4.42. The number of amides is 2. The number of benzene rings is 1. The molecule has 0 radical (unpaired) electrons. The number of aliphatic hydroxyl groups is 1. The number of piperazine rings is 1. The predicted octanol–water partition coefficient (Wildman–Crippen LogP) is 2.90. The molecule has 4 rings (SSSR count). The first kappa shape index (κ1) is 22.8. The van der Waals surface area contributed by atoms with E-state index in [1.165, 1.54) is 6.07 Å². The number of ether oxygens (including phenoxy) is 1. The zero-order chi connectivity index (χ0) is 22.9. The second kappa shape index (κ2) is 9.25. The summed E-state index contributed by atoms with van der Waals surface area (Å²) in [5.41, 5.74) is 0.502. The molecule has 0 unspecified atom stereocenters. The maximum atomic E-state index is 15.2. The summed E-state index contributed by atoms with van der Waals surface area (Å²) in [7, 11) is 1.82. The first-order valence-corrected chi connectivity index (χ1v) is 11.8. The quantitative estimate of drug-likeness (QED) is 0.752. The van der Waals surface area contributed by atoms with Gasteiger partial charge in [-0.2, -0.15) is 0 Å². The molecule has 3 fully saturated rings. The minimum absolute atomic E-state index is 0.00593. The van der Waals surface area contributed by atoms with Crippen LogP contribution in [0.4, 0.5) is 14.9 Å². The topological polar surface area (TPSA) is 73.3 Å². The van der Waals surface area contributed by atoms with Crippen LogP contribution in [0.2, 0.25) is 0 Å². The molecule has 1 aromatic rings. The van der Waals surface area contributed by atoms with Crippen molar-refractivity contribution in [1.29, 1.82) is 0 Å². The van der Waals surface area contributed by atoms with Crippen LogP contribution in [0.1, 0.15) is 51.0 Å². The van der Waals surface area contributed by atoms with Gasteiger partial charge in [-0.3, -0.25) is 4.79 Å². The SMILES string of the molecule is CCOC(=O)N1CCN(c2ccc(C3(C(=O)N(C)C4CCC(O)CC4)CC3)c(F)c2)CC1. The van der Waals surface area contributed by atoms with E-state index in [9.17, 15) is 14.7 Å². The Morgan fingerprint density at radius 3 is 2.38 bits per heavy atom. The van der Waals surface area contributed by atoms with Crippen molar-refractivity contribution in [3.8, 4) is 0 Å². The Labute approximate surface area is 189 Å². The molecule has 8 heteroatoms. The number of rotatable bonds is 5. The summed E-state index contributed by atoms with van der Waals surface area (Å²) in [6.07, 6.45) is 3.76. The van der Waals surface area contributed by atoms with E-state index in [4.69, 9.17) is 4.74 Å². The summed E-state index contributed by atoms with van der Waals surface area (Å²) < 4.78 is 20.3. The number of carbonyl (C=O) groups excluding carboxylic acids is 2. The van der Waals surface area contributed by atoms with Crippen LogP contribution in [0.15, 0.2) is 18.2 Å². The fourth-order valence-electron chi connectivity index (χ4n) is 5.12. The van der Waals surface area contributed by atoms with Gasteiger partial charge in [0.05, 0.1) is 18.1 Å². The lowest BCUT2D eigenvalue weighted by molar-refractivity contribution is -0.135. The Morgan fingerprint density at radius 1 is 1.16 bits per heavy atom. The molecule has 0 atom stereocenters. The first-order valence-electron chi connectivity index (χ1n) is 11.8. The smallest absolute Gasteiger partial charge is 0.409 e. The summed E-state index contributed by atoms with van der Waals surface area (Å²) in [6, 6.07) is 5.30. The number of hydrogen-bond acceptors (Lipinski definition) is 5. The van der Waals surface area contributed by atoms with Crippen molar-refractivity contribution < 1.29 is 23.8 Å². The van der Waals surface area contributed by atoms with E-state index in [-0.39, 0.29) is 30.0 Å². The average Bonchev–Trinajstić information content (AvgIpc) is 3.60. The van der Waals surface area contributed by atoms with Gasteiger partial charge in [0.15, 0.2) is 0 Å². The van der Waals surface area contributed by atoms with Crippen LogP contribution in [0.3, 0.4) is 0 Å². The first-order chi connectivity index (χ1) is 15.4. The molecule has 1 saturated heterocycles. The van der Waals surface area contributed by atoms with E-state index in [1.807, 2.05) is 13.1 Å². The number of aliphatic hydroxyl groups excluding tert-OH is 1. The van der Waals surface area contributed by atoms with Crippen LogP contribution in [0.5, 0.6) is 0 Å². The van der Waals surface area contributed by atoms with E-state index in [0.717, 1.165) is 18.5 Å².